The second kappa shape index (κ2) is 14.4. The zero-order valence-corrected chi connectivity index (χ0v) is 25.7. The Labute approximate surface area is 248 Å². The fourth-order valence-electron chi connectivity index (χ4n) is 4.98. The molecule has 1 N–H and O–H groups in total. The van der Waals surface area contributed by atoms with E-state index in [1.165, 1.54) is 4.90 Å². The zero-order valence-electron chi connectivity index (χ0n) is 24.9. The first-order valence-electron chi connectivity index (χ1n) is 14.0. The average molecular weight is 575 g/mol. The maximum Gasteiger partial charge on any atom is 0.410 e. The predicted molar refractivity (Wildman–Crippen MR) is 167 cm³/mol. The topological polar surface area (TPSA) is 75.7 Å². The summed E-state index contributed by atoms with van der Waals surface area (Å²) >= 11 is 1.65. The molecule has 3 aromatic carbocycles. The Balaban J connectivity index is 1.97. The molecule has 0 aromatic heterocycles. The van der Waals surface area contributed by atoms with E-state index in [1.807, 2.05) is 61.5 Å². The lowest BCUT2D eigenvalue weighted by Crippen LogP contribution is -2.46. The van der Waals surface area contributed by atoms with Crippen LogP contribution in [0.1, 0.15) is 57.2 Å². The van der Waals surface area contributed by atoms with Crippen LogP contribution >= 0.6 is 11.8 Å². The molecule has 0 aliphatic carbocycles. The number of carbonyl (C=O) groups excluding carboxylic acids is 3. The first kappa shape index (κ1) is 31.9. The maximum absolute atomic E-state index is 13.6. The Morgan fingerprint density at radius 1 is 0.829 bits per heavy atom. The van der Waals surface area contributed by atoms with Gasteiger partial charge in [0.2, 0.25) is 5.91 Å². The number of hydrogen-bond donors (Lipinski definition) is 1. The van der Waals surface area contributed by atoms with E-state index in [-0.39, 0.29) is 18.1 Å². The van der Waals surface area contributed by atoms with Crippen molar-refractivity contribution in [2.75, 3.05) is 19.8 Å². The molecule has 0 bridgehead atoms. The van der Waals surface area contributed by atoms with Crippen LogP contribution in [0.15, 0.2) is 91.0 Å². The molecule has 41 heavy (non-hydrogen) atoms. The number of Topliss-reactive ketones (excluding diaryl/α,β-unsaturated/α-hetero) is 1. The smallest absolute Gasteiger partial charge is 0.410 e. The van der Waals surface area contributed by atoms with Crippen molar-refractivity contribution in [3.8, 4) is 0 Å². The van der Waals surface area contributed by atoms with Gasteiger partial charge in [0.05, 0.1) is 16.7 Å². The summed E-state index contributed by atoms with van der Waals surface area (Å²) in [6.07, 6.45) is -0.128. The molecule has 7 heteroatoms. The van der Waals surface area contributed by atoms with Gasteiger partial charge in [-0.1, -0.05) is 97.9 Å². The molecule has 0 spiro atoms. The fourth-order valence-corrected chi connectivity index (χ4v) is 6.61. The summed E-state index contributed by atoms with van der Waals surface area (Å²) in [6, 6.07) is 30.1. The number of likely N-dealkylation sites (N-methyl/N-ethyl adjacent to an activating group) is 1. The van der Waals surface area contributed by atoms with Gasteiger partial charge in [-0.05, 0) is 43.9 Å². The molecular weight excluding hydrogens is 532 g/mol. The van der Waals surface area contributed by atoms with Crippen molar-refractivity contribution in [3.05, 3.63) is 108 Å². The van der Waals surface area contributed by atoms with Gasteiger partial charge in [-0.25, -0.2) is 4.79 Å². The summed E-state index contributed by atoms with van der Waals surface area (Å²) in [6.45, 7) is 7.23. The number of rotatable bonds is 12. The van der Waals surface area contributed by atoms with Gasteiger partial charge in [-0.3, -0.25) is 9.59 Å². The summed E-state index contributed by atoms with van der Waals surface area (Å²) in [5, 5.41) is 2.76. The van der Waals surface area contributed by atoms with Crippen LogP contribution in [0.2, 0.25) is 0 Å². The van der Waals surface area contributed by atoms with Gasteiger partial charge in [0.25, 0.3) is 0 Å². The monoisotopic (exact) mass is 574 g/mol. The number of thioether (sulfide) groups is 1. The van der Waals surface area contributed by atoms with Gasteiger partial charge in [0.1, 0.15) is 5.60 Å². The van der Waals surface area contributed by atoms with E-state index in [4.69, 9.17) is 4.74 Å². The zero-order chi connectivity index (χ0) is 30.0. The number of ether oxygens (including phenoxy) is 1. The van der Waals surface area contributed by atoms with Crippen molar-refractivity contribution in [2.45, 2.75) is 56.9 Å². The number of nitrogens with zero attached hydrogens (tertiary/aromatic N) is 1. The SMILES string of the molecule is CC[C@H](C(=O)C[C@H](CSC(c1ccccc1)(c1ccccc1)c1ccccc1)C(=O)NC)N(C)C(=O)OC(C)(C)C. The highest BCUT2D eigenvalue weighted by molar-refractivity contribution is 8.00. The largest absolute Gasteiger partial charge is 0.444 e. The molecule has 6 nitrogen and oxygen atoms in total. The third-order valence-electron chi connectivity index (χ3n) is 7.01. The standard InChI is InChI=1S/C34H42N2O4S/c1-7-29(36(6)32(39)40-33(2,3)4)30(37)23-25(31(38)35-5)24-41-34(26-17-11-8-12-18-26,27-19-13-9-14-20-27)28-21-15-10-16-22-28/h8-22,25,29H,7,23-24H2,1-6H3,(H,35,38)/t25-,29-/m1/s1. The van der Waals surface area contributed by atoms with Crippen molar-refractivity contribution < 1.29 is 19.1 Å². The minimum absolute atomic E-state index is 0.00671. The van der Waals surface area contributed by atoms with Crippen molar-refractivity contribution in [1.29, 1.82) is 0 Å². The first-order chi connectivity index (χ1) is 19.5. The molecule has 0 saturated heterocycles. The van der Waals surface area contributed by atoms with E-state index < -0.39 is 28.4 Å². The van der Waals surface area contributed by atoms with Gasteiger partial charge in [-0.2, -0.15) is 0 Å². The molecule has 2 amide bonds. The number of ketones is 1. The molecule has 0 aliphatic heterocycles. The second-order valence-corrected chi connectivity index (χ2v) is 12.3. The summed E-state index contributed by atoms with van der Waals surface area (Å²) in [5.41, 5.74) is 2.57. The average Bonchev–Trinajstić information content (AvgIpc) is 2.97. The predicted octanol–water partition coefficient (Wildman–Crippen LogP) is 6.68. The van der Waals surface area contributed by atoms with Crippen LogP contribution in [0.5, 0.6) is 0 Å². The summed E-state index contributed by atoms with van der Waals surface area (Å²) < 4.78 is 4.88. The minimum Gasteiger partial charge on any atom is -0.444 e. The van der Waals surface area contributed by atoms with E-state index in [0.29, 0.717) is 12.2 Å². The van der Waals surface area contributed by atoms with E-state index >= 15 is 0 Å². The third kappa shape index (κ3) is 8.00. The van der Waals surface area contributed by atoms with Crippen molar-refractivity contribution in [3.63, 3.8) is 0 Å². The first-order valence-corrected chi connectivity index (χ1v) is 15.0. The van der Waals surface area contributed by atoms with Crippen molar-refractivity contribution in [1.82, 2.24) is 10.2 Å². The Hall–Kier alpha value is -3.58. The molecular formula is C34H42N2O4S. The highest BCUT2D eigenvalue weighted by atomic mass is 32.2. The number of hydrogen-bond acceptors (Lipinski definition) is 5. The molecule has 2 atom stereocenters. The van der Waals surface area contributed by atoms with E-state index in [0.717, 1.165) is 16.7 Å². The lowest BCUT2D eigenvalue weighted by molar-refractivity contribution is -0.130. The van der Waals surface area contributed by atoms with Crippen LogP contribution in [-0.4, -0.2) is 54.2 Å². The van der Waals surface area contributed by atoms with E-state index in [2.05, 4.69) is 41.7 Å². The molecule has 0 heterocycles. The van der Waals surface area contributed by atoms with Crippen LogP contribution in [0, 0.1) is 5.92 Å². The Morgan fingerprint density at radius 2 is 1.27 bits per heavy atom. The summed E-state index contributed by atoms with van der Waals surface area (Å²) in [5.74, 6) is -0.589. The molecule has 3 aromatic rings. The Bertz CT molecular complexity index is 1180. The summed E-state index contributed by atoms with van der Waals surface area (Å²) in [4.78, 5) is 40.9. The van der Waals surface area contributed by atoms with Crippen LogP contribution in [-0.2, 0) is 19.1 Å². The van der Waals surface area contributed by atoms with Crippen LogP contribution in [0.4, 0.5) is 4.79 Å². The second-order valence-electron chi connectivity index (χ2n) is 11.1. The Morgan fingerprint density at radius 3 is 1.63 bits per heavy atom. The maximum atomic E-state index is 13.6. The fraction of sp³-hybridized carbons (Fsp3) is 0.382. The number of amides is 2. The van der Waals surface area contributed by atoms with E-state index in [9.17, 15) is 14.4 Å². The quantitative estimate of drug-likeness (QED) is 0.244. The van der Waals surface area contributed by atoms with Gasteiger partial charge in [0.15, 0.2) is 5.78 Å². The molecule has 0 fully saturated rings. The number of nitrogens with one attached hydrogen (secondary N) is 1. The van der Waals surface area contributed by atoms with E-state index in [1.54, 1.807) is 46.6 Å². The minimum atomic E-state index is -0.691. The summed E-state index contributed by atoms with van der Waals surface area (Å²) in [7, 11) is 3.17. The normalized spacial score (nSPS) is 13.1. The van der Waals surface area contributed by atoms with Crippen LogP contribution in [0.25, 0.3) is 0 Å². The Kier molecular flexibility index (Phi) is 11.2. The molecule has 0 aliphatic rings. The molecule has 0 radical (unpaired) electrons. The van der Waals surface area contributed by atoms with Gasteiger partial charge in [0, 0.05) is 26.3 Å². The molecule has 3 rings (SSSR count). The third-order valence-corrected chi connectivity index (χ3v) is 8.72. The van der Waals surface area contributed by atoms with Crippen molar-refractivity contribution in [2.24, 2.45) is 5.92 Å². The molecule has 218 valence electrons. The van der Waals surface area contributed by atoms with Gasteiger partial charge >= 0.3 is 6.09 Å². The lowest BCUT2D eigenvalue weighted by atomic mass is 9.84. The number of carbonyl (C=O) groups is 3. The highest BCUT2D eigenvalue weighted by Crippen LogP contribution is 2.49. The highest BCUT2D eigenvalue weighted by Gasteiger charge is 2.39. The molecule has 0 unspecified atom stereocenters. The number of benzene rings is 3. The van der Waals surface area contributed by atoms with Gasteiger partial charge < -0.3 is 15.0 Å². The van der Waals surface area contributed by atoms with Crippen LogP contribution in [0.3, 0.4) is 0 Å². The molecule has 0 saturated carbocycles. The van der Waals surface area contributed by atoms with Gasteiger partial charge in [-0.15, -0.1) is 11.8 Å². The van der Waals surface area contributed by atoms with Crippen molar-refractivity contribution >= 4 is 29.5 Å². The lowest BCUT2D eigenvalue weighted by Gasteiger charge is -2.36. The van der Waals surface area contributed by atoms with Crippen LogP contribution < -0.4 is 5.32 Å².